The van der Waals surface area contributed by atoms with Gasteiger partial charge in [0.2, 0.25) is 0 Å². The second-order valence-electron chi connectivity index (χ2n) is 3.06. The monoisotopic (exact) mass is 200 g/mol. The largest absolute Gasteiger partial charge is 0.481 e. The summed E-state index contributed by atoms with van der Waals surface area (Å²) in [4.78, 5) is 43.4. The van der Waals surface area contributed by atoms with Crippen molar-refractivity contribution in [1.82, 2.24) is 0 Å². The lowest BCUT2D eigenvalue weighted by Crippen LogP contribution is -2.44. The highest BCUT2D eigenvalue weighted by Gasteiger charge is 2.46. The molecule has 1 fully saturated rings. The van der Waals surface area contributed by atoms with E-state index in [0.717, 1.165) is 0 Å². The fraction of sp³-hybridized carbons (Fsp3) is 0.500. The lowest BCUT2D eigenvalue weighted by atomic mass is 9.77. The molecule has 76 valence electrons. The number of aliphatic carboxylic acids is 2. The third-order valence-electron chi connectivity index (χ3n) is 2.18. The van der Waals surface area contributed by atoms with Crippen molar-refractivity contribution in [2.24, 2.45) is 11.8 Å². The number of ketones is 2. The molecule has 0 heterocycles. The van der Waals surface area contributed by atoms with Crippen LogP contribution in [0.1, 0.15) is 12.8 Å². The van der Waals surface area contributed by atoms with Crippen molar-refractivity contribution < 1.29 is 29.4 Å². The van der Waals surface area contributed by atoms with Gasteiger partial charge in [0, 0.05) is 12.8 Å². The Morgan fingerprint density at radius 1 is 0.929 bits per heavy atom. The molecule has 0 unspecified atom stereocenters. The molecule has 0 aliphatic heterocycles. The van der Waals surface area contributed by atoms with Crippen molar-refractivity contribution in [3.8, 4) is 0 Å². The quantitative estimate of drug-likeness (QED) is 0.571. The maximum absolute atomic E-state index is 11.1. The number of rotatable bonds is 2. The van der Waals surface area contributed by atoms with Crippen molar-refractivity contribution in [2.75, 3.05) is 0 Å². The Morgan fingerprint density at radius 2 is 1.21 bits per heavy atom. The van der Waals surface area contributed by atoms with E-state index in [1.54, 1.807) is 0 Å². The highest BCUT2D eigenvalue weighted by atomic mass is 16.4. The molecule has 0 amide bonds. The summed E-state index contributed by atoms with van der Waals surface area (Å²) in [6.45, 7) is 0. The fourth-order valence-corrected chi connectivity index (χ4v) is 1.49. The molecule has 2 N–H and O–H groups in total. The fourth-order valence-electron chi connectivity index (χ4n) is 1.49. The summed E-state index contributed by atoms with van der Waals surface area (Å²) in [5.74, 6) is -7.90. The molecule has 1 saturated carbocycles. The molecule has 1 aliphatic rings. The number of carbonyl (C=O) groups is 4. The minimum absolute atomic E-state index is 0.181. The van der Waals surface area contributed by atoms with Gasteiger partial charge in [-0.05, 0) is 0 Å². The summed E-state index contributed by atoms with van der Waals surface area (Å²) >= 11 is 0. The zero-order chi connectivity index (χ0) is 10.9. The third-order valence-corrected chi connectivity index (χ3v) is 2.18. The predicted molar refractivity (Wildman–Crippen MR) is 41.5 cm³/mol. The Balaban J connectivity index is 3.04. The summed E-state index contributed by atoms with van der Waals surface area (Å²) in [6.07, 6.45) is -0.362. The highest BCUT2D eigenvalue weighted by Crippen LogP contribution is 2.25. The maximum atomic E-state index is 11.1. The molecule has 0 spiro atoms. The van der Waals surface area contributed by atoms with Crippen molar-refractivity contribution in [2.45, 2.75) is 12.8 Å². The van der Waals surface area contributed by atoms with Gasteiger partial charge in [0.25, 0.3) is 0 Å². The Morgan fingerprint density at radius 3 is 1.43 bits per heavy atom. The van der Waals surface area contributed by atoms with Crippen LogP contribution in [0.15, 0.2) is 0 Å². The number of hydrogen-bond donors (Lipinski definition) is 2. The zero-order valence-corrected chi connectivity index (χ0v) is 7.10. The maximum Gasteiger partial charge on any atom is 0.315 e. The van der Waals surface area contributed by atoms with Crippen LogP contribution in [-0.2, 0) is 19.2 Å². The molecular formula is C8H8O6. The van der Waals surface area contributed by atoms with Crippen molar-refractivity contribution in [3.63, 3.8) is 0 Å². The molecular weight excluding hydrogens is 192 g/mol. The van der Waals surface area contributed by atoms with Crippen LogP contribution in [0.25, 0.3) is 0 Å². The molecule has 2 atom stereocenters. The Bertz CT molecular complexity index is 286. The van der Waals surface area contributed by atoms with Gasteiger partial charge < -0.3 is 10.2 Å². The summed E-state index contributed by atoms with van der Waals surface area (Å²) < 4.78 is 0. The molecule has 0 aromatic rings. The van der Waals surface area contributed by atoms with E-state index in [2.05, 4.69) is 0 Å². The smallest absolute Gasteiger partial charge is 0.315 e. The zero-order valence-electron chi connectivity index (χ0n) is 7.10. The van der Waals surface area contributed by atoms with E-state index in [-0.39, 0.29) is 12.8 Å². The van der Waals surface area contributed by atoms with Crippen LogP contribution in [0.2, 0.25) is 0 Å². The highest BCUT2D eigenvalue weighted by molar-refractivity contribution is 6.13. The summed E-state index contributed by atoms with van der Waals surface area (Å²) in [6, 6.07) is 0. The van der Waals surface area contributed by atoms with E-state index >= 15 is 0 Å². The summed E-state index contributed by atoms with van der Waals surface area (Å²) in [5, 5.41) is 17.2. The lowest BCUT2D eigenvalue weighted by molar-refractivity contribution is -0.163. The molecule has 1 aliphatic carbocycles. The predicted octanol–water partition coefficient (Wildman–Crippen LogP) is -0.680. The average molecular weight is 200 g/mol. The van der Waals surface area contributed by atoms with Gasteiger partial charge in [0.15, 0.2) is 0 Å². The van der Waals surface area contributed by atoms with Crippen LogP contribution in [0, 0.1) is 11.8 Å². The Kier molecular flexibility index (Phi) is 2.64. The van der Waals surface area contributed by atoms with E-state index in [0.29, 0.717) is 0 Å². The van der Waals surface area contributed by atoms with Crippen LogP contribution >= 0.6 is 0 Å². The van der Waals surface area contributed by atoms with Gasteiger partial charge >= 0.3 is 11.9 Å². The first-order valence-electron chi connectivity index (χ1n) is 3.96. The van der Waals surface area contributed by atoms with E-state index in [1.807, 2.05) is 0 Å². The normalized spacial score (nSPS) is 27.4. The van der Waals surface area contributed by atoms with E-state index < -0.39 is 35.3 Å². The molecule has 0 radical (unpaired) electrons. The molecule has 0 aromatic heterocycles. The molecule has 0 saturated heterocycles. The van der Waals surface area contributed by atoms with Crippen molar-refractivity contribution in [3.05, 3.63) is 0 Å². The molecule has 6 heteroatoms. The van der Waals surface area contributed by atoms with Gasteiger partial charge in [0.1, 0.15) is 23.4 Å². The van der Waals surface area contributed by atoms with Crippen LogP contribution in [0.3, 0.4) is 0 Å². The first-order chi connectivity index (χ1) is 6.45. The van der Waals surface area contributed by atoms with Crippen molar-refractivity contribution in [1.29, 1.82) is 0 Å². The first kappa shape index (κ1) is 10.4. The molecule has 0 aromatic carbocycles. The van der Waals surface area contributed by atoms with Gasteiger partial charge in [-0.2, -0.15) is 0 Å². The molecule has 1 rings (SSSR count). The first-order valence-corrected chi connectivity index (χ1v) is 3.96. The molecule has 0 bridgehead atoms. The molecule has 14 heavy (non-hydrogen) atoms. The van der Waals surface area contributed by atoms with E-state index in [4.69, 9.17) is 10.2 Å². The van der Waals surface area contributed by atoms with Crippen molar-refractivity contribution >= 4 is 23.5 Å². The minimum Gasteiger partial charge on any atom is -0.481 e. The van der Waals surface area contributed by atoms with Crippen LogP contribution in [0.4, 0.5) is 0 Å². The van der Waals surface area contributed by atoms with Gasteiger partial charge in [-0.15, -0.1) is 0 Å². The lowest BCUT2D eigenvalue weighted by Gasteiger charge is -2.22. The summed E-state index contributed by atoms with van der Waals surface area (Å²) in [7, 11) is 0. The summed E-state index contributed by atoms with van der Waals surface area (Å²) in [5.41, 5.74) is 0. The number of carboxylic acids is 2. The standard InChI is InChI=1S/C8H8O6/c9-3-1-2-4(10)6(8(13)14)5(3)7(11)12/h5-6H,1-2H2,(H,11,12)(H,13,14)/t5-,6+. The topological polar surface area (TPSA) is 109 Å². The number of carbonyl (C=O) groups excluding carboxylic acids is 2. The van der Waals surface area contributed by atoms with Gasteiger partial charge in [0.05, 0.1) is 0 Å². The van der Waals surface area contributed by atoms with Crippen LogP contribution in [0.5, 0.6) is 0 Å². The van der Waals surface area contributed by atoms with Gasteiger partial charge in [-0.1, -0.05) is 0 Å². The third kappa shape index (κ3) is 1.63. The van der Waals surface area contributed by atoms with Crippen LogP contribution < -0.4 is 0 Å². The Hall–Kier alpha value is -1.72. The number of Topliss-reactive ketones (excluding diaryl/α,β-unsaturated/α-hetero) is 2. The number of hydrogen-bond acceptors (Lipinski definition) is 4. The second kappa shape index (κ2) is 3.57. The van der Waals surface area contributed by atoms with Gasteiger partial charge in [-0.25, -0.2) is 0 Å². The van der Waals surface area contributed by atoms with Gasteiger partial charge in [-0.3, -0.25) is 19.2 Å². The van der Waals surface area contributed by atoms with Crippen LogP contribution in [-0.4, -0.2) is 33.7 Å². The minimum atomic E-state index is -1.71. The average Bonchev–Trinajstić information content (AvgIpc) is 2.07. The SMILES string of the molecule is O=C(O)[C@@H]1C(=O)CCC(=O)[C@@H]1C(=O)O. The van der Waals surface area contributed by atoms with E-state index in [1.165, 1.54) is 0 Å². The number of carboxylic acid groups (broad SMARTS) is 2. The second-order valence-corrected chi connectivity index (χ2v) is 3.06. The Labute approximate surface area is 78.5 Å². The molecule has 6 nitrogen and oxygen atoms in total. The van der Waals surface area contributed by atoms with E-state index in [9.17, 15) is 19.2 Å².